The molecule has 3 aliphatic heterocycles. The van der Waals surface area contributed by atoms with Crippen LogP contribution in [0.3, 0.4) is 0 Å². The molecule has 3 heterocycles. The Morgan fingerprint density at radius 1 is 0.931 bits per heavy atom. The first-order chi connectivity index (χ1) is 14.0. The number of hydrogen-bond acceptors (Lipinski definition) is 3. The van der Waals surface area contributed by atoms with E-state index in [9.17, 15) is 9.59 Å². The van der Waals surface area contributed by atoms with Gasteiger partial charge in [-0.2, -0.15) is 0 Å². The third-order valence-electron chi connectivity index (χ3n) is 6.46. The largest absolute Gasteiger partial charge is 0.489 e. The molecule has 1 saturated carbocycles. The van der Waals surface area contributed by atoms with Crippen LogP contribution >= 0.6 is 0 Å². The number of carbonyl (C=O) groups is 2. The lowest BCUT2D eigenvalue weighted by atomic mass is 9.84. The molecule has 0 aromatic heterocycles. The van der Waals surface area contributed by atoms with Gasteiger partial charge in [-0.25, -0.2) is 4.79 Å². The number of rotatable bonds is 4. The Bertz CT molecular complexity index is 711. The average Bonchev–Trinajstić information content (AvgIpc) is 2.96. The Labute approximate surface area is 173 Å². The molecule has 6 nitrogen and oxygen atoms in total. The molecule has 1 aromatic rings. The molecule has 0 radical (unpaired) electrons. The van der Waals surface area contributed by atoms with Gasteiger partial charge in [0.25, 0.3) is 5.91 Å². The van der Waals surface area contributed by atoms with E-state index in [4.69, 9.17) is 4.74 Å². The van der Waals surface area contributed by atoms with Crippen LogP contribution in [0.5, 0.6) is 5.75 Å². The second-order valence-corrected chi connectivity index (χ2v) is 9.20. The summed E-state index contributed by atoms with van der Waals surface area (Å²) in [6.07, 6.45) is 5.91. The third-order valence-corrected chi connectivity index (χ3v) is 6.46. The van der Waals surface area contributed by atoms with E-state index in [0.29, 0.717) is 24.9 Å². The Morgan fingerprint density at radius 3 is 2.14 bits per heavy atom. The van der Waals surface area contributed by atoms with Crippen LogP contribution in [0.25, 0.3) is 0 Å². The summed E-state index contributed by atoms with van der Waals surface area (Å²) in [5, 5.41) is 2.92. The molecule has 4 fully saturated rings. The molecule has 1 atom stereocenters. The van der Waals surface area contributed by atoms with Gasteiger partial charge in [0.05, 0.1) is 6.54 Å². The second-order valence-electron chi connectivity index (χ2n) is 9.20. The van der Waals surface area contributed by atoms with E-state index in [1.807, 2.05) is 38.1 Å². The zero-order chi connectivity index (χ0) is 20.4. The number of urea groups is 1. The van der Waals surface area contributed by atoms with Crippen molar-refractivity contribution in [2.45, 2.75) is 58.1 Å². The van der Waals surface area contributed by atoms with Crippen LogP contribution in [-0.2, 0) is 0 Å². The fraction of sp³-hybridized carbons (Fsp3) is 0.652. The molecule has 3 saturated heterocycles. The Kier molecular flexibility index (Phi) is 5.97. The van der Waals surface area contributed by atoms with E-state index < -0.39 is 0 Å². The highest BCUT2D eigenvalue weighted by Gasteiger charge is 2.32. The van der Waals surface area contributed by atoms with E-state index in [2.05, 4.69) is 10.2 Å². The first-order valence-corrected chi connectivity index (χ1v) is 11.1. The van der Waals surface area contributed by atoms with Gasteiger partial charge in [-0.1, -0.05) is 0 Å². The maximum Gasteiger partial charge on any atom is 0.317 e. The Balaban J connectivity index is 1.31. The number of ether oxygens (including phenoxy) is 1. The summed E-state index contributed by atoms with van der Waals surface area (Å²) in [5.41, 5.74) is 0.739. The van der Waals surface area contributed by atoms with Crippen molar-refractivity contribution >= 4 is 11.9 Å². The van der Waals surface area contributed by atoms with Crippen LogP contribution in [0, 0.1) is 11.8 Å². The number of likely N-dealkylation sites (tertiary alicyclic amines) is 1. The fourth-order valence-corrected chi connectivity index (χ4v) is 4.86. The Hall–Kier alpha value is -2.24. The minimum atomic E-state index is -0.0292. The molecule has 0 spiro atoms. The van der Waals surface area contributed by atoms with Crippen molar-refractivity contribution < 1.29 is 14.3 Å². The minimum Gasteiger partial charge on any atom is -0.489 e. The van der Waals surface area contributed by atoms with Crippen molar-refractivity contribution in [3.8, 4) is 5.75 Å². The molecule has 158 valence electrons. The number of fused-ring (bicyclic) bond motifs is 4. The Morgan fingerprint density at radius 2 is 1.55 bits per heavy atom. The molecule has 1 aromatic carbocycles. The highest BCUT2D eigenvalue weighted by Crippen LogP contribution is 2.34. The van der Waals surface area contributed by atoms with E-state index in [-0.39, 0.29) is 24.1 Å². The van der Waals surface area contributed by atoms with Crippen molar-refractivity contribution in [1.82, 2.24) is 15.1 Å². The second kappa shape index (κ2) is 8.64. The highest BCUT2D eigenvalue weighted by atomic mass is 16.5. The van der Waals surface area contributed by atoms with Crippen LogP contribution < -0.4 is 10.1 Å². The summed E-state index contributed by atoms with van der Waals surface area (Å²) in [6, 6.07) is 7.63. The van der Waals surface area contributed by atoms with Gasteiger partial charge in [0.2, 0.25) is 0 Å². The molecular formula is C23H33N3O3. The van der Waals surface area contributed by atoms with Crippen LogP contribution in [0.1, 0.15) is 56.3 Å². The van der Waals surface area contributed by atoms with Gasteiger partial charge in [-0.05, 0) is 75.6 Å². The lowest BCUT2D eigenvalue weighted by molar-refractivity contribution is 0.0739. The highest BCUT2D eigenvalue weighted by molar-refractivity contribution is 5.94. The average molecular weight is 400 g/mol. The van der Waals surface area contributed by atoms with Gasteiger partial charge in [-0.15, -0.1) is 0 Å². The van der Waals surface area contributed by atoms with Crippen molar-refractivity contribution in [2.24, 2.45) is 11.8 Å². The molecule has 29 heavy (non-hydrogen) atoms. The molecule has 4 aliphatic rings. The normalized spacial score (nSPS) is 26.5. The summed E-state index contributed by atoms with van der Waals surface area (Å²) >= 11 is 0. The van der Waals surface area contributed by atoms with Gasteiger partial charge < -0.3 is 19.9 Å². The number of benzene rings is 1. The first-order valence-electron chi connectivity index (χ1n) is 11.1. The molecule has 1 unspecified atom stereocenters. The van der Waals surface area contributed by atoms with Crippen LogP contribution in [0.15, 0.2) is 24.3 Å². The summed E-state index contributed by atoms with van der Waals surface area (Å²) in [5.74, 6) is 2.26. The van der Waals surface area contributed by atoms with E-state index in [1.54, 1.807) is 4.90 Å². The van der Waals surface area contributed by atoms with Gasteiger partial charge in [0, 0.05) is 37.7 Å². The maximum atomic E-state index is 13.0. The van der Waals surface area contributed by atoms with Gasteiger partial charge in [0.1, 0.15) is 11.9 Å². The lowest BCUT2D eigenvalue weighted by Crippen LogP contribution is -2.42. The van der Waals surface area contributed by atoms with Crippen LogP contribution in [-0.4, -0.2) is 60.1 Å². The van der Waals surface area contributed by atoms with Gasteiger partial charge in [0.15, 0.2) is 0 Å². The quantitative estimate of drug-likeness (QED) is 0.843. The number of nitrogens with zero attached hydrogens (tertiary/aromatic N) is 2. The number of carbonyl (C=O) groups excluding carboxylic acids is 2. The van der Waals surface area contributed by atoms with E-state index in [1.165, 1.54) is 25.7 Å². The third kappa shape index (κ3) is 4.85. The van der Waals surface area contributed by atoms with Gasteiger partial charge >= 0.3 is 6.03 Å². The molecule has 6 heteroatoms. The fourth-order valence-electron chi connectivity index (χ4n) is 4.86. The molecule has 1 aliphatic carbocycles. The summed E-state index contributed by atoms with van der Waals surface area (Å²) in [6.45, 7) is 7.03. The lowest BCUT2D eigenvalue weighted by Gasteiger charge is -2.23. The summed E-state index contributed by atoms with van der Waals surface area (Å²) in [7, 11) is 0. The molecular weight excluding hydrogens is 366 g/mol. The molecule has 3 amide bonds. The predicted molar refractivity (Wildman–Crippen MR) is 112 cm³/mol. The molecule has 5 rings (SSSR count). The zero-order valence-corrected chi connectivity index (χ0v) is 17.6. The van der Waals surface area contributed by atoms with Crippen molar-refractivity contribution in [1.29, 1.82) is 0 Å². The summed E-state index contributed by atoms with van der Waals surface area (Å²) in [4.78, 5) is 28.9. The van der Waals surface area contributed by atoms with Crippen molar-refractivity contribution in [2.75, 3.05) is 26.2 Å². The monoisotopic (exact) mass is 399 g/mol. The SMILES string of the molecule is CC(C)NC(=O)N1CCC(Oc2ccc(C(=O)N3CC4CCC(CC4)C3)cc2)C1. The first kappa shape index (κ1) is 20.0. The number of nitrogens with one attached hydrogen (secondary N) is 1. The standard InChI is InChI=1S/C23H33N3O3/c1-16(2)24-23(28)25-12-11-21(15-25)29-20-9-7-19(8-10-20)22(27)26-13-17-3-4-18(14-26)6-5-17/h7-10,16-18,21H,3-6,11-15H2,1-2H3,(H,24,28). The van der Waals surface area contributed by atoms with Crippen molar-refractivity contribution in [3.63, 3.8) is 0 Å². The predicted octanol–water partition coefficient (Wildman–Crippen LogP) is 3.52. The topological polar surface area (TPSA) is 61.9 Å². The van der Waals surface area contributed by atoms with E-state index in [0.717, 1.165) is 30.8 Å². The molecule has 2 bridgehead atoms. The molecule has 1 N–H and O–H groups in total. The van der Waals surface area contributed by atoms with Crippen LogP contribution in [0.4, 0.5) is 4.79 Å². The smallest absolute Gasteiger partial charge is 0.317 e. The zero-order valence-electron chi connectivity index (χ0n) is 17.6. The maximum absolute atomic E-state index is 13.0. The van der Waals surface area contributed by atoms with Gasteiger partial charge in [-0.3, -0.25) is 4.79 Å². The van der Waals surface area contributed by atoms with Crippen LogP contribution in [0.2, 0.25) is 0 Å². The summed E-state index contributed by atoms with van der Waals surface area (Å²) < 4.78 is 6.06. The number of amides is 3. The van der Waals surface area contributed by atoms with Crippen molar-refractivity contribution in [3.05, 3.63) is 29.8 Å². The minimum absolute atomic E-state index is 0.00399. The number of hydrogen-bond donors (Lipinski definition) is 1. The van der Waals surface area contributed by atoms with E-state index >= 15 is 0 Å².